The maximum absolute atomic E-state index is 14.5. The zero-order valence-corrected chi connectivity index (χ0v) is 27.3. The lowest BCUT2D eigenvalue weighted by Crippen LogP contribution is -2.15. The quantitative estimate of drug-likeness (QED) is 0.0876. The minimum absolute atomic E-state index is 0.137. The van der Waals surface area contributed by atoms with Gasteiger partial charge in [0.2, 0.25) is 0 Å². The van der Waals surface area contributed by atoms with Crippen molar-refractivity contribution < 1.29 is 27.5 Å². The predicted octanol–water partition coefficient (Wildman–Crippen LogP) is 10.6. The number of halogens is 4. The summed E-state index contributed by atoms with van der Waals surface area (Å²) in [6, 6.07) is 21.2. The fraction of sp³-hybridized carbons (Fsp3) is 0.154. The molecule has 6 aromatic rings. The zero-order valence-electron chi connectivity index (χ0n) is 25.6. The van der Waals surface area contributed by atoms with Crippen molar-refractivity contribution in [2.75, 3.05) is 0 Å². The molecule has 3 aromatic heterocycles. The highest BCUT2D eigenvalue weighted by Crippen LogP contribution is 2.50. The number of aliphatic hydroxyl groups excluding tert-OH is 1. The molecule has 1 atom stereocenters. The fourth-order valence-electron chi connectivity index (χ4n) is 7.63. The molecule has 238 valence electrons. The number of allylic oxidation sites excluding steroid dienone is 1. The van der Waals surface area contributed by atoms with Gasteiger partial charge in [0.1, 0.15) is 10.9 Å². The first-order chi connectivity index (χ1) is 23.1. The Morgan fingerprint density at radius 2 is 1.65 bits per heavy atom. The van der Waals surface area contributed by atoms with Gasteiger partial charge in [0.05, 0.1) is 11.3 Å². The van der Waals surface area contributed by atoms with Crippen LogP contribution in [0.5, 0.6) is 0 Å². The van der Waals surface area contributed by atoms with Crippen molar-refractivity contribution in [3.63, 3.8) is 0 Å². The smallest absolute Gasteiger partial charge is 0.198 e. The molecule has 0 radical (unpaired) electrons. The number of rotatable bonds is 3. The second-order valence-corrected chi connectivity index (χ2v) is 15.1. The van der Waals surface area contributed by atoms with Crippen LogP contribution in [0.15, 0.2) is 72.3 Å². The van der Waals surface area contributed by atoms with Gasteiger partial charge in [0.25, 0.3) is 0 Å². The van der Waals surface area contributed by atoms with E-state index >= 15 is 0 Å². The molecule has 3 heterocycles. The second kappa shape index (κ2) is 10.2. The Balaban J connectivity index is 1.12. The summed E-state index contributed by atoms with van der Waals surface area (Å²) in [7, 11) is 0. The Hall–Kier alpha value is -4.57. The molecule has 3 aliphatic carbocycles. The number of carbonyl (C=O) groups is 1. The molecular formula is C39H25F4NO2S2. The van der Waals surface area contributed by atoms with E-state index in [1.165, 1.54) is 56.3 Å². The van der Waals surface area contributed by atoms with E-state index in [0.29, 0.717) is 4.88 Å². The summed E-state index contributed by atoms with van der Waals surface area (Å²) in [6.45, 7) is 4.55. The van der Waals surface area contributed by atoms with Crippen LogP contribution in [0.25, 0.3) is 48.9 Å². The SMILES string of the molecule is CC1(C)c2ccccc2-c2ccc(-n3c4c(c5cc(-c6ccc(/C=C7/C(=O)c8c(F)c(F)c(F)c(F)c8C7O)s6)sc53)CCC=C4)cc21. The van der Waals surface area contributed by atoms with E-state index in [4.69, 9.17) is 0 Å². The molecule has 1 unspecified atom stereocenters. The van der Waals surface area contributed by atoms with Crippen LogP contribution >= 0.6 is 22.7 Å². The predicted molar refractivity (Wildman–Crippen MR) is 183 cm³/mol. The topological polar surface area (TPSA) is 42.2 Å². The fourth-order valence-corrected chi connectivity index (χ4v) is 9.89. The molecule has 9 heteroatoms. The van der Waals surface area contributed by atoms with Crippen molar-refractivity contribution in [1.29, 1.82) is 0 Å². The normalized spacial score (nSPS) is 18.1. The summed E-state index contributed by atoms with van der Waals surface area (Å²) in [4.78, 5) is 16.6. The lowest BCUT2D eigenvalue weighted by Gasteiger charge is -2.22. The van der Waals surface area contributed by atoms with Gasteiger partial charge in [-0.05, 0) is 83.1 Å². The van der Waals surface area contributed by atoms with E-state index < -0.39 is 46.3 Å². The lowest BCUT2D eigenvalue weighted by atomic mass is 9.82. The molecular weight excluding hydrogens is 655 g/mol. The number of hydrogen-bond donors (Lipinski definition) is 1. The van der Waals surface area contributed by atoms with Crippen molar-refractivity contribution >= 4 is 50.8 Å². The Morgan fingerprint density at radius 3 is 2.48 bits per heavy atom. The average molecular weight is 680 g/mol. The number of aromatic nitrogens is 1. The van der Waals surface area contributed by atoms with Gasteiger partial charge < -0.3 is 9.67 Å². The van der Waals surface area contributed by atoms with Crippen LogP contribution in [0.4, 0.5) is 17.6 Å². The van der Waals surface area contributed by atoms with Crippen LogP contribution in [0.1, 0.15) is 69.6 Å². The Kier molecular flexibility index (Phi) is 6.29. The summed E-state index contributed by atoms with van der Waals surface area (Å²) in [5, 5.41) is 11.9. The monoisotopic (exact) mass is 679 g/mol. The number of benzene rings is 3. The minimum Gasteiger partial charge on any atom is -0.383 e. The summed E-state index contributed by atoms with van der Waals surface area (Å²) < 4.78 is 59.1. The Labute approximate surface area is 280 Å². The molecule has 0 amide bonds. The summed E-state index contributed by atoms with van der Waals surface area (Å²) in [5.41, 5.74) is 6.39. The van der Waals surface area contributed by atoms with Crippen LogP contribution in [0.3, 0.4) is 0 Å². The highest BCUT2D eigenvalue weighted by atomic mass is 32.1. The van der Waals surface area contributed by atoms with Crippen molar-refractivity contribution in [3.05, 3.63) is 134 Å². The maximum atomic E-state index is 14.5. The third kappa shape index (κ3) is 3.92. The number of hydrogen-bond acceptors (Lipinski definition) is 4. The minimum atomic E-state index is -2.08. The molecule has 3 nitrogen and oxygen atoms in total. The van der Waals surface area contributed by atoms with Gasteiger partial charge in [-0.1, -0.05) is 50.3 Å². The molecule has 3 aromatic carbocycles. The lowest BCUT2D eigenvalue weighted by molar-refractivity contribution is 0.101. The van der Waals surface area contributed by atoms with Gasteiger partial charge in [0.15, 0.2) is 29.1 Å². The second-order valence-electron chi connectivity index (χ2n) is 12.9. The van der Waals surface area contributed by atoms with Gasteiger partial charge in [-0.3, -0.25) is 4.79 Å². The third-order valence-corrected chi connectivity index (χ3v) is 12.3. The molecule has 0 spiro atoms. The zero-order chi connectivity index (χ0) is 33.2. The Morgan fingerprint density at radius 1 is 0.875 bits per heavy atom. The third-order valence-electron chi connectivity index (χ3n) is 9.98. The number of carbonyl (C=O) groups excluding carboxylic acids is 1. The first-order valence-electron chi connectivity index (χ1n) is 15.5. The number of nitrogens with zero attached hydrogens (tertiary/aromatic N) is 1. The maximum Gasteiger partial charge on any atom is 0.198 e. The molecule has 0 bridgehead atoms. The Bertz CT molecular complexity index is 2480. The molecule has 9 rings (SSSR count). The van der Waals surface area contributed by atoms with Gasteiger partial charge >= 0.3 is 0 Å². The number of aliphatic hydroxyl groups is 1. The average Bonchev–Trinajstić information content (AvgIpc) is 3.88. The van der Waals surface area contributed by atoms with E-state index in [0.717, 1.165) is 33.1 Å². The highest BCUT2D eigenvalue weighted by molar-refractivity contribution is 7.26. The molecule has 48 heavy (non-hydrogen) atoms. The van der Waals surface area contributed by atoms with E-state index in [1.54, 1.807) is 17.4 Å². The van der Waals surface area contributed by atoms with Crippen LogP contribution in [0, 0.1) is 23.3 Å². The molecule has 0 saturated carbocycles. The van der Waals surface area contributed by atoms with Crippen LogP contribution in [-0.2, 0) is 11.8 Å². The van der Waals surface area contributed by atoms with Gasteiger partial charge in [-0.15, -0.1) is 22.7 Å². The van der Waals surface area contributed by atoms with E-state index in [2.05, 4.69) is 79.1 Å². The van der Waals surface area contributed by atoms with Crippen LogP contribution in [0.2, 0.25) is 0 Å². The largest absolute Gasteiger partial charge is 0.383 e. The van der Waals surface area contributed by atoms with Gasteiger partial charge in [0, 0.05) is 42.3 Å². The number of Topliss-reactive ketones (excluding diaryl/α,β-unsaturated/α-hetero) is 1. The van der Waals surface area contributed by atoms with Crippen molar-refractivity contribution in [3.8, 4) is 26.6 Å². The van der Waals surface area contributed by atoms with Crippen molar-refractivity contribution in [2.24, 2.45) is 0 Å². The number of ketones is 1. The number of aryl methyl sites for hydroxylation is 1. The molecule has 0 aliphatic heterocycles. The summed E-state index contributed by atoms with van der Waals surface area (Å²) >= 11 is 3.01. The number of fused-ring (bicyclic) bond motifs is 7. The number of thiophene rings is 2. The molecule has 1 N–H and O–H groups in total. The van der Waals surface area contributed by atoms with Crippen LogP contribution in [-0.4, -0.2) is 15.5 Å². The van der Waals surface area contributed by atoms with Crippen molar-refractivity contribution in [2.45, 2.75) is 38.2 Å². The van der Waals surface area contributed by atoms with E-state index in [1.807, 2.05) is 6.07 Å². The molecule has 3 aliphatic rings. The highest BCUT2D eigenvalue weighted by Gasteiger charge is 2.42. The van der Waals surface area contributed by atoms with Crippen molar-refractivity contribution in [1.82, 2.24) is 4.57 Å². The molecule has 0 saturated heterocycles. The summed E-state index contributed by atoms with van der Waals surface area (Å²) in [6.07, 6.45) is 5.71. The standard InChI is InChI=1S/C39H25F4NO2S2/c1-39(2)25-9-5-3-7-20(25)21-13-11-18(15-26(21)39)44-27-10-6-4-8-22(27)23-17-29(48-38(23)44)28-14-12-19(47-28)16-24-36(45)30-31(37(24)46)33(41)35(43)34(42)32(30)40/h3,5-7,9-17,36,45H,4,8H2,1-2H3/b24-16+. The van der Waals surface area contributed by atoms with Gasteiger partial charge in [-0.2, -0.15) is 0 Å². The van der Waals surface area contributed by atoms with Crippen LogP contribution < -0.4 is 0 Å². The van der Waals surface area contributed by atoms with E-state index in [9.17, 15) is 27.5 Å². The summed E-state index contributed by atoms with van der Waals surface area (Å²) in [5.74, 6) is -8.77. The molecule has 0 fully saturated rings. The first-order valence-corrected chi connectivity index (χ1v) is 17.2. The van der Waals surface area contributed by atoms with E-state index in [-0.39, 0.29) is 11.0 Å². The van der Waals surface area contributed by atoms with Gasteiger partial charge in [-0.25, -0.2) is 17.6 Å². The first kappa shape index (κ1) is 29.6.